The van der Waals surface area contributed by atoms with Crippen LogP contribution in [-0.4, -0.2) is 36.9 Å². The summed E-state index contributed by atoms with van der Waals surface area (Å²) in [4.78, 5) is 24.8. The molecule has 0 aliphatic carbocycles. The van der Waals surface area contributed by atoms with Crippen LogP contribution in [-0.2, 0) is 9.59 Å². The molecular formula is C13H17N3O3. The molecule has 3 N–H and O–H groups in total. The van der Waals surface area contributed by atoms with Gasteiger partial charge in [0.1, 0.15) is 5.75 Å². The van der Waals surface area contributed by atoms with Gasteiger partial charge >= 0.3 is 0 Å². The van der Waals surface area contributed by atoms with Crippen molar-refractivity contribution in [1.29, 1.82) is 0 Å². The van der Waals surface area contributed by atoms with Crippen LogP contribution in [0.3, 0.4) is 0 Å². The first kappa shape index (κ1) is 13.2. The van der Waals surface area contributed by atoms with E-state index >= 15 is 0 Å². The Bertz CT molecular complexity index is 502. The number of hydrogen-bond acceptors (Lipinski definition) is 4. The van der Waals surface area contributed by atoms with Crippen LogP contribution in [0.2, 0.25) is 0 Å². The van der Waals surface area contributed by atoms with Gasteiger partial charge in [-0.3, -0.25) is 9.59 Å². The summed E-state index contributed by atoms with van der Waals surface area (Å²) in [6, 6.07) is 5.03. The minimum Gasteiger partial charge on any atom is -0.497 e. The maximum atomic E-state index is 11.9. The maximum absolute atomic E-state index is 11.9. The normalized spacial score (nSPS) is 14.6. The molecule has 0 unspecified atom stereocenters. The standard InChI is InChI=1S/C13H17N3O3/c1-19-9-4-5-10(14)11(7-9)15-12(17)8-16-6-2-3-13(16)18/h4-5,7H,2-3,6,8,14H2,1H3,(H,15,17). The molecule has 1 aromatic carbocycles. The highest BCUT2D eigenvalue weighted by atomic mass is 16.5. The van der Waals surface area contributed by atoms with E-state index in [9.17, 15) is 9.59 Å². The predicted octanol–water partition coefficient (Wildman–Crippen LogP) is 0.838. The molecule has 1 saturated heterocycles. The van der Waals surface area contributed by atoms with Gasteiger partial charge in [0.05, 0.1) is 25.0 Å². The lowest BCUT2D eigenvalue weighted by molar-refractivity contribution is -0.131. The molecule has 0 aromatic heterocycles. The van der Waals surface area contributed by atoms with E-state index in [1.54, 1.807) is 30.2 Å². The van der Waals surface area contributed by atoms with Crippen molar-refractivity contribution in [2.75, 3.05) is 31.2 Å². The summed E-state index contributed by atoms with van der Waals surface area (Å²) in [6.07, 6.45) is 1.34. The largest absolute Gasteiger partial charge is 0.497 e. The molecule has 1 heterocycles. The van der Waals surface area contributed by atoms with Gasteiger partial charge in [0, 0.05) is 19.0 Å². The molecule has 1 aliphatic rings. The van der Waals surface area contributed by atoms with Crippen LogP contribution in [0.1, 0.15) is 12.8 Å². The fourth-order valence-electron chi connectivity index (χ4n) is 2.00. The Morgan fingerprint density at radius 1 is 1.53 bits per heavy atom. The van der Waals surface area contributed by atoms with Crippen LogP contribution >= 0.6 is 0 Å². The van der Waals surface area contributed by atoms with Crippen LogP contribution in [0.5, 0.6) is 5.75 Å². The average Bonchev–Trinajstić information content (AvgIpc) is 2.78. The highest BCUT2D eigenvalue weighted by Gasteiger charge is 2.22. The summed E-state index contributed by atoms with van der Waals surface area (Å²) in [6.45, 7) is 0.704. The van der Waals surface area contributed by atoms with E-state index in [1.807, 2.05) is 0 Å². The van der Waals surface area contributed by atoms with Crippen LogP contribution < -0.4 is 15.8 Å². The summed E-state index contributed by atoms with van der Waals surface area (Å²) in [5, 5.41) is 2.69. The van der Waals surface area contributed by atoms with Gasteiger partial charge in [0.25, 0.3) is 0 Å². The Hall–Kier alpha value is -2.24. The highest BCUT2D eigenvalue weighted by molar-refractivity contribution is 5.97. The van der Waals surface area contributed by atoms with Crippen molar-refractivity contribution in [2.45, 2.75) is 12.8 Å². The van der Waals surface area contributed by atoms with Gasteiger partial charge in [-0.2, -0.15) is 0 Å². The first-order chi connectivity index (χ1) is 9.10. The Balaban J connectivity index is 2.00. The number of nitrogens with zero attached hydrogens (tertiary/aromatic N) is 1. The Morgan fingerprint density at radius 2 is 2.32 bits per heavy atom. The third-order valence-electron chi connectivity index (χ3n) is 3.04. The van der Waals surface area contributed by atoms with Crippen molar-refractivity contribution < 1.29 is 14.3 Å². The molecule has 6 nitrogen and oxygen atoms in total. The fourth-order valence-corrected chi connectivity index (χ4v) is 2.00. The molecule has 6 heteroatoms. The molecule has 1 aromatic rings. The second-order valence-electron chi connectivity index (χ2n) is 4.42. The average molecular weight is 263 g/mol. The number of ether oxygens (including phenoxy) is 1. The Morgan fingerprint density at radius 3 is 2.95 bits per heavy atom. The molecule has 1 aliphatic heterocycles. The van der Waals surface area contributed by atoms with Crippen LogP contribution in [0.15, 0.2) is 18.2 Å². The summed E-state index contributed by atoms with van der Waals surface area (Å²) in [5.41, 5.74) is 6.73. The van der Waals surface area contributed by atoms with Crippen molar-refractivity contribution in [2.24, 2.45) is 0 Å². The second kappa shape index (κ2) is 5.60. The van der Waals surface area contributed by atoms with E-state index in [1.165, 1.54) is 0 Å². The van der Waals surface area contributed by atoms with Gasteiger partial charge in [-0.1, -0.05) is 0 Å². The first-order valence-corrected chi connectivity index (χ1v) is 6.11. The number of hydrogen-bond donors (Lipinski definition) is 2. The Labute approximate surface area is 111 Å². The molecule has 1 fully saturated rings. The van der Waals surface area contributed by atoms with Crippen LogP contribution in [0.25, 0.3) is 0 Å². The minimum atomic E-state index is -0.254. The van der Waals surface area contributed by atoms with E-state index in [4.69, 9.17) is 10.5 Å². The molecule has 0 saturated carbocycles. The number of carbonyl (C=O) groups is 2. The van der Waals surface area contributed by atoms with Crippen LogP contribution in [0.4, 0.5) is 11.4 Å². The number of nitrogens with one attached hydrogen (secondary N) is 1. The van der Waals surface area contributed by atoms with E-state index in [0.29, 0.717) is 30.1 Å². The van der Waals surface area contributed by atoms with Crippen LogP contribution in [0, 0.1) is 0 Å². The zero-order chi connectivity index (χ0) is 13.8. The lowest BCUT2D eigenvalue weighted by Crippen LogP contribution is -2.34. The number of carbonyl (C=O) groups excluding carboxylic acids is 2. The van der Waals surface area contributed by atoms with Gasteiger partial charge < -0.3 is 20.7 Å². The number of amides is 2. The number of nitrogens with two attached hydrogens (primary N) is 1. The number of benzene rings is 1. The molecule has 0 bridgehead atoms. The number of methoxy groups -OCH3 is 1. The van der Waals surface area contributed by atoms with E-state index in [2.05, 4.69) is 5.32 Å². The molecule has 2 amide bonds. The van der Waals surface area contributed by atoms with Gasteiger partial charge in [-0.15, -0.1) is 0 Å². The lowest BCUT2D eigenvalue weighted by atomic mass is 10.2. The first-order valence-electron chi connectivity index (χ1n) is 6.11. The van der Waals surface area contributed by atoms with Gasteiger partial charge in [0.2, 0.25) is 11.8 Å². The highest BCUT2D eigenvalue weighted by Crippen LogP contribution is 2.24. The summed E-state index contributed by atoms with van der Waals surface area (Å²) in [5.74, 6) is 0.380. The van der Waals surface area contributed by atoms with Crippen molar-refractivity contribution in [1.82, 2.24) is 4.90 Å². The molecule has 2 rings (SSSR count). The number of anilines is 2. The second-order valence-corrected chi connectivity index (χ2v) is 4.42. The van der Waals surface area contributed by atoms with E-state index < -0.39 is 0 Å². The minimum absolute atomic E-state index is 0.0220. The fraction of sp³-hybridized carbons (Fsp3) is 0.385. The van der Waals surface area contributed by atoms with Gasteiger partial charge in [-0.05, 0) is 18.6 Å². The molecule has 102 valence electrons. The number of likely N-dealkylation sites (tertiary alicyclic amines) is 1. The smallest absolute Gasteiger partial charge is 0.244 e. The van der Waals surface area contributed by atoms with Crippen molar-refractivity contribution in [3.8, 4) is 5.75 Å². The zero-order valence-electron chi connectivity index (χ0n) is 10.8. The van der Waals surface area contributed by atoms with Crippen molar-refractivity contribution in [3.63, 3.8) is 0 Å². The molecule has 0 atom stereocenters. The summed E-state index contributed by atoms with van der Waals surface area (Å²) in [7, 11) is 1.54. The lowest BCUT2D eigenvalue weighted by Gasteiger charge is -2.16. The van der Waals surface area contributed by atoms with E-state index in [0.717, 1.165) is 6.42 Å². The summed E-state index contributed by atoms with van der Waals surface area (Å²) >= 11 is 0. The predicted molar refractivity (Wildman–Crippen MR) is 71.9 cm³/mol. The number of rotatable bonds is 4. The van der Waals surface area contributed by atoms with Crippen molar-refractivity contribution >= 4 is 23.2 Å². The van der Waals surface area contributed by atoms with Gasteiger partial charge in [0.15, 0.2) is 0 Å². The van der Waals surface area contributed by atoms with Gasteiger partial charge in [-0.25, -0.2) is 0 Å². The maximum Gasteiger partial charge on any atom is 0.244 e. The number of nitrogen functional groups attached to an aromatic ring is 1. The molecule has 0 spiro atoms. The molecule has 19 heavy (non-hydrogen) atoms. The topological polar surface area (TPSA) is 84.7 Å². The molecule has 0 radical (unpaired) electrons. The SMILES string of the molecule is COc1ccc(N)c(NC(=O)CN2CCCC2=O)c1. The quantitative estimate of drug-likeness (QED) is 0.788. The molecular weight excluding hydrogens is 246 g/mol. The zero-order valence-corrected chi connectivity index (χ0v) is 10.8. The van der Waals surface area contributed by atoms with E-state index in [-0.39, 0.29) is 18.4 Å². The third-order valence-corrected chi connectivity index (χ3v) is 3.04. The van der Waals surface area contributed by atoms with Crippen molar-refractivity contribution in [3.05, 3.63) is 18.2 Å². The summed E-state index contributed by atoms with van der Waals surface area (Å²) < 4.78 is 5.07. The third kappa shape index (κ3) is 3.15. The Kier molecular flexibility index (Phi) is 3.89. The monoisotopic (exact) mass is 263 g/mol.